The second kappa shape index (κ2) is 16.6. The summed E-state index contributed by atoms with van der Waals surface area (Å²) in [5, 5.41) is 21.2. The van der Waals surface area contributed by atoms with E-state index in [4.69, 9.17) is 0 Å². The molecule has 0 bridgehead atoms. The molecule has 51 heavy (non-hydrogen) atoms. The van der Waals surface area contributed by atoms with Gasteiger partial charge in [0.25, 0.3) is 11.8 Å². The van der Waals surface area contributed by atoms with Gasteiger partial charge in [0.15, 0.2) is 0 Å². The number of likely N-dealkylation sites (tertiary alicyclic amines) is 1. The standard InChI is InChI=1S/C39H43N5O5S2/c1-3-24(2)34(38(47)43-51-27-16-17-27)41-37(46)32-14-9-20-44(32)33(45)23-40-39(48)36-26(19-21-50-36)11-6-4-5-10-25-15-18-29-28-12-7-8-13-30(28)35(42-49)31(29)22-25/h3,5,7-8,10,12-13,15,18-19,21-22,24,27,32,34,49H,1,4,6,9,11,14,16-17,20,23H2,2H3,(H,40,48)(H,41,46)(H,43,47)/b10-5+,42-35-. The number of oxime groups is 1. The van der Waals surface area contributed by atoms with Gasteiger partial charge in [0.2, 0.25) is 11.8 Å². The molecule has 4 N–H and O–H groups in total. The average molecular weight is 726 g/mol. The first-order valence-corrected chi connectivity index (χ1v) is 19.2. The van der Waals surface area contributed by atoms with E-state index >= 15 is 0 Å². The van der Waals surface area contributed by atoms with Gasteiger partial charge in [0.1, 0.15) is 17.8 Å². The monoisotopic (exact) mass is 725 g/mol. The van der Waals surface area contributed by atoms with E-state index in [1.807, 2.05) is 48.7 Å². The van der Waals surface area contributed by atoms with Gasteiger partial charge in [-0.25, -0.2) is 0 Å². The fourth-order valence-electron chi connectivity index (χ4n) is 6.52. The van der Waals surface area contributed by atoms with E-state index in [0.29, 0.717) is 41.6 Å². The molecule has 6 rings (SSSR count). The number of hydrogen-bond donors (Lipinski definition) is 4. The van der Waals surface area contributed by atoms with Crippen LogP contribution in [0.5, 0.6) is 0 Å². The summed E-state index contributed by atoms with van der Waals surface area (Å²) in [6.45, 7) is 5.80. The first-order chi connectivity index (χ1) is 24.8. The van der Waals surface area contributed by atoms with Crippen LogP contribution in [0, 0.1) is 5.92 Å². The van der Waals surface area contributed by atoms with Crippen molar-refractivity contribution in [1.82, 2.24) is 20.3 Å². The zero-order valence-electron chi connectivity index (χ0n) is 28.6. The topological polar surface area (TPSA) is 140 Å². The van der Waals surface area contributed by atoms with E-state index in [-0.39, 0.29) is 36.1 Å². The summed E-state index contributed by atoms with van der Waals surface area (Å²) in [7, 11) is 0. The van der Waals surface area contributed by atoms with Gasteiger partial charge in [-0.15, -0.1) is 17.9 Å². The summed E-state index contributed by atoms with van der Waals surface area (Å²) in [6, 6.07) is 14.5. The van der Waals surface area contributed by atoms with Gasteiger partial charge in [0, 0.05) is 28.8 Å². The van der Waals surface area contributed by atoms with Crippen molar-refractivity contribution in [3.8, 4) is 11.1 Å². The highest BCUT2D eigenvalue weighted by atomic mass is 32.2. The van der Waals surface area contributed by atoms with Gasteiger partial charge in [-0.05, 0) is 96.7 Å². The van der Waals surface area contributed by atoms with E-state index in [9.17, 15) is 24.4 Å². The predicted octanol–water partition coefficient (Wildman–Crippen LogP) is 5.95. The maximum absolute atomic E-state index is 13.3. The Labute approximate surface area is 306 Å². The van der Waals surface area contributed by atoms with Gasteiger partial charge in [-0.1, -0.05) is 66.7 Å². The normalized spacial score (nSPS) is 18.3. The molecule has 266 valence electrons. The molecule has 0 spiro atoms. The van der Waals surface area contributed by atoms with Crippen molar-refractivity contribution in [2.45, 2.75) is 69.2 Å². The Morgan fingerprint density at radius 2 is 1.86 bits per heavy atom. The van der Waals surface area contributed by atoms with Gasteiger partial charge in [-0.3, -0.25) is 23.9 Å². The molecule has 3 atom stereocenters. The van der Waals surface area contributed by atoms with Crippen LogP contribution in [0.4, 0.5) is 0 Å². The lowest BCUT2D eigenvalue weighted by Gasteiger charge is -2.28. The lowest BCUT2D eigenvalue weighted by atomic mass is 10.0. The Morgan fingerprint density at radius 3 is 2.63 bits per heavy atom. The number of unbranched alkanes of at least 4 members (excludes halogenated alkanes) is 1. The lowest BCUT2D eigenvalue weighted by molar-refractivity contribution is -0.138. The fraction of sp³-hybridized carbons (Fsp3) is 0.359. The molecule has 3 aromatic rings. The summed E-state index contributed by atoms with van der Waals surface area (Å²) >= 11 is 2.73. The number of carbonyl (C=O) groups excluding carboxylic acids is 4. The number of hydrogen-bond acceptors (Lipinski definition) is 8. The number of aryl methyl sites for hydroxylation is 1. The van der Waals surface area contributed by atoms with Crippen LogP contribution >= 0.6 is 23.3 Å². The smallest absolute Gasteiger partial charge is 0.262 e. The first-order valence-electron chi connectivity index (χ1n) is 17.4. The number of amides is 4. The van der Waals surface area contributed by atoms with Crippen LogP contribution in [-0.4, -0.2) is 69.9 Å². The molecule has 3 aliphatic rings. The van der Waals surface area contributed by atoms with Crippen molar-refractivity contribution >= 4 is 58.7 Å². The second-order valence-corrected chi connectivity index (χ2v) is 15.2. The number of thiophene rings is 1. The quantitative estimate of drug-likeness (QED) is 0.0393. The van der Waals surface area contributed by atoms with Crippen LogP contribution in [-0.2, 0) is 20.8 Å². The number of nitrogens with one attached hydrogen (secondary N) is 3. The Bertz CT molecular complexity index is 1870. The number of nitrogens with zero attached hydrogens (tertiary/aromatic N) is 2. The van der Waals surface area contributed by atoms with Crippen molar-refractivity contribution in [2.75, 3.05) is 13.1 Å². The van der Waals surface area contributed by atoms with E-state index < -0.39 is 12.1 Å². The van der Waals surface area contributed by atoms with E-state index in [1.165, 1.54) is 28.2 Å². The maximum atomic E-state index is 13.3. The van der Waals surface area contributed by atoms with Crippen LogP contribution in [0.25, 0.3) is 17.2 Å². The Kier molecular flexibility index (Phi) is 11.7. The molecule has 2 heterocycles. The van der Waals surface area contributed by atoms with Crippen LogP contribution in [0.1, 0.15) is 77.4 Å². The number of allylic oxidation sites excluding steroid dienone is 1. The predicted molar refractivity (Wildman–Crippen MR) is 203 cm³/mol. The molecule has 4 amide bonds. The molecule has 2 fully saturated rings. The fourth-order valence-corrected chi connectivity index (χ4v) is 8.17. The number of rotatable bonds is 15. The van der Waals surface area contributed by atoms with E-state index in [1.54, 1.807) is 6.08 Å². The average Bonchev–Trinajstić information content (AvgIpc) is 3.49. The molecule has 12 heteroatoms. The molecule has 3 unspecified atom stereocenters. The SMILES string of the molecule is C=CC(C)C(NC(=O)C1CCCN1C(=O)CNC(=O)c1sccc1CCC/C=C/c1ccc2c(c1)/C(=N\O)c1ccccc1-2)C(=O)NSC1CC1. The van der Waals surface area contributed by atoms with Gasteiger partial charge in [0.05, 0.1) is 11.4 Å². The third kappa shape index (κ3) is 8.45. The second-order valence-electron chi connectivity index (χ2n) is 13.2. The molecular weight excluding hydrogens is 683 g/mol. The molecule has 1 saturated carbocycles. The molecule has 1 aliphatic heterocycles. The maximum Gasteiger partial charge on any atom is 0.262 e. The number of carbonyl (C=O) groups is 4. The largest absolute Gasteiger partial charge is 0.410 e. The van der Waals surface area contributed by atoms with Crippen LogP contribution in [0.2, 0.25) is 0 Å². The minimum atomic E-state index is -0.793. The van der Waals surface area contributed by atoms with Crippen LogP contribution in [0.3, 0.4) is 0 Å². The summed E-state index contributed by atoms with van der Waals surface area (Å²) in [6.07, 6.45) is 11.4. The third-order valence-electron chi connectivity index (χ3n) is 9.56. The minimum absolute atomic E-state index is 0.220. The molecule has 10 nitrogen and oxygen atoms in total. The van der Waals surface area contributed by atoms with E-state index in [2.05, 4.69) is 51.4 Å². The number of benzene rings is 2. The van der Waals surface area contributed by atoms with Crippen molar-refractivity contribution < 1.29 is 24.4 Å². The summed E-state index contributed by atoms with van der Waals surface area (Å²) in [5.41, 5.74) is 6.47. The van der Waals surface area contributed by atoms with Crippen molar-refractivity contribution in [3.05, 3.63) is 99.8 Å². The van der Waals surface area contributed by atoms with Crippen molar-refractivity contribution in [1.29, 1.82) is 0 Å². The summed E-state index contributed by atoms with van der Waals surface area (Å²) in [5.74, 6) is -1.60. The lowest BCUT2D eigenvalue weighted by Crippen LogP contribution is -2.55. The van der Waals surface area contributed by atoms with E-state index in [0.717, 1.165) is 59.1 Å². The molecule has 2 aliphatic carbocycles. The highest BCUT2D eigenvalue weighted by molar-refractivity contribution is 7.98. The summed E-state index contributed by atoms with van der Waals surface area (Å²) in [4.78, 5) is 54.7. The van der Waals surface area contributed by atoms with Gasteiger partial charge < -0.3 is 20.7 Å². The Hall–Kier alpha value is -4.68. The minimum Gasteiger partial charge on any atom is -0.410 e. The van der Waals surface area contributed by atoms with Crippen LogP contribution in [0.15, 0.2) is 77.8 Å². The highest BCUT2D eigenvalue weighted by Gasteiger charge is 2.37. The highest BCUT2D eigenvalue weighted by Crippen LogP contribution is 2.37. The van der Waals surface area contributed by atoms with Crippen molar-refractivity contribution in [3.63, 3.8) is 0 Å². The number of fused-ring (bicyclic) bond motifs is 3. The Morgan fingerprint density at radius 1 is 1.08 bits per heavy atom. The zero-order chi connectivity index (χ0) is 35.9. The van der Waals surface area contributed by atoms with Gasteiger partial charge >= 0.3 is 0 Å². The van der Waals surface area contributed by atoms with Crippen molar-refractivity contribution in [2.24, 2.45) is 11.1 Å². The Balaban J connectivity index is 0.972. The summed E-state index contributed by atoms with van der Waals surface area (Å²) < 4.78 is 2.85. The molecule has 2 aromatic carbocycles. The molecule has 1 aromatic heterocycles. The first kappa shape index (κ1) is 36.1. The zero-order valence-corrected chi connectivity index (χ0v) is 30.2. The molecule has 0 radical (unpaired) electrons. The third-order valence-corrected chi connectivity index (χ3v) is 11.6. The van der Waals surface area contributed by atoms with Gasteiger partial charge in [-0.2, -0.15) is 0 Å². The molecule has 1 saturated heterocycles. The van der Waals surface area contributed by atoms with Crippen LogP contribution < -0.4 is 15.4 Å². The molecular formula is C39H43N5O5S2.